The van der Waals surface area contributed by atoms with E-state index < -0.39 is 0 Å². The number of amides is 1. The van der Waals surface area contributed by atoms with E-state index >= 15 is 0 Å². The highest BCUT2D eigenvalue weighted by atomic mass is 32.1. The lowest BCUT2D eigenvalue weighted by molar-refractivity contribution is -0.115. The van der Waals surface area contributed by atoms with Gasteiger partial charge in [-0.05, 0) is 24.4 Å². The van der Waals surface area contributed by atoms with Crippen molar-refractivity contribution in [3.63, 3.8) is 0 Å². The Labute approximate surface area is 120 Å². The first-order chi connectivity index (χ1) is 9.56. The minimum atomic E-state index is -0.269. The average Bonchev–Trinajstić information content (AvgIpc) is 2.92. The summed E-state index contributed by atoms with van der Waals surface area (Å²) >= 11 is 4.89. The Morgan fingerprint density at radius 2 is 2.05 bits per heavy atom. The molecule has 0 unspecified atom stereocenters. The molecule has 0 atom stereocenters. The van der Waals surface area contributed by atoms with Crippen LogP contribution in [0, 0.1) is 0 Å². The van der Waals surface area contributed by atoms with E-state index in [1.807, 2.05) is 24.3 Å². The summed E-state index contributed by atoms with van der Waals surface area (Å²) in [6, 6.07) is 7.54. The largest absolute Gasteiger partial charge is 0.328 e. The number of aromatic nitrogens is 1. The minimum Gasteiger partial charge on any atom is -0.328 e. The number of hydrogen-bond acceptors (Lipinski definition) is 3. The molecule has 1 aliphatic rings. The average molecular weight is 285 g/mol. The van der Waals surface area contributed by atoms with Crippen LogP contribution in [0.5, 0.6) is 0 Å². The van der Waals surface area contributed by atoms with Crippen molar-refractivity contribution in [1.29, 1.82) is 0 Å². The summed E-state index contributed by atoms with van der Waals surface area (Å²) in [5.74, 6) is -0.347. The fourth-order valence-electron chi connectivity index (χ4n) is 2.22. The summed E-state index contributed by atoms with van der Waals surface area (Å²) in [5, 5.41) is 6.49. The first-order valence-electron chi connectivity index (χ1n) is 6.01. The van der Waals surface area contributed by atoms with Crippen LogP contribution in [0.15, 0.2) is 36.2 Å². The van der Waals surface area contributed by atoms with Crippen molar-refractivity contribution in [3.8, 4) is 0 Å². The zero-order chi connectivity index (χ0) is 14.3. The number of nitrogens with zero attached hydrogens (tertiary/aromatic N) is 1. The maximum absolute atomic E-state index is 11.7. The molecule has 0 radical (unpaired) electrons. The number of para-hydroxylation sites is 1. The smallest absolute Gasteiger partial charge is 0.273 e. The summed E-state index contributed by atoms with van der Waals surface area (Å²) in [6.45, 7) is 1.50. The summed E-state index contributed by atoms with van der Waals surface area (Å²) in [6.07, 6.45) is 3.41. The Morgan fingerprint density at radius 1 is 1.30 bits per heavy atom. The van der Waals surface area contributed by atoms with Gasteiger partial charge < -0.3 is 5.32 Å². The lowest BCUT2D eigenvalue weighted by atomic mass is 10.1. The molecule has 20 heavy (non-hydrogen) atoms. The molecule has 1 aliphatic heterocycles. The van der Waals surface area contributed by atoms with Gasteiger partial charge >= 0.3 is 0 Å². The van der Waals surface area contributed by atoms with Crippen molar-refractivity contribution < 1.29 is 9.59 Å². The summed E-state index contributed by atoms with van der Waals surface area (Å²) in [4.78, 5) is 23.3. The Morgan fingerprint density at radius 3 is 2.70 bits per heavy atom. The van der Waals surface area contributed by atoms with Gasteiger partial charge in [-0.25, -0.2) is 0 Å². The number of fused-ring (bicyclic) bond motifs is 1. The summed E-state index contributed by atoms with van der Waals surface area (Å²) in [7, 11) is 0. The maximum atomic E-state index is 11.7. The highest BCUT2D eigenvalue weighted by Gasteiger charge is 2.21. The minimum absolute atomic E-state index is 0.0785. The van der Waals surface area contributed by atoms with Gasteiger partial charge in [-0.3, -0.25) is 19.5 Å². The van der Waals surface area contributed by atoms with Crippen molar-refractivity contribution in [3.05, 3.63) is 41.7 Å². The SMILES string of the molecule is CC(=O)n1cc(/C=C2\NC(=S)NC2=O)c2ccccc21. The van der Waals surface area contributed by atoms with Crippen LogP contribution in [0.4, 0.5) is 0 Å². The third-order valence-electron chi connectivity index (χ3n) is 3.10. The van der Waals surface area contributed by atoms with Crippen LogP contribution in [-0.4, -0.2) is 21.5 Å². The van der Waals surface area contributed by atoms with E-state index in [9.17, 15) is 9.59 Å². The van der Waals surface area contributed by atoms with Gasteiger partial charge in [0.15, 0.2) is 5.11 Å². The molecule has 2 aromatic rings. The molecule has 1 aromatic carbocycles. The number of hydrogen-bond donors (Lipinski definition) is 2. The predicted molar refractivity (Wildman–Crippen MR) is 80.1 cm³/mol. The van der Waals surface area contributed by atoms with Gasteiger partial charge in [0.25, 0.3) is 5.91 Å². The van der Waals surface area contributed by atoms with E-state index in [2.05, 4.69) is 10.6 Å². The number of thiocarbonyl (C=S) groups is 1. The van der Waals surface area contributed by atoms with Crippen molar-refractivity contribution in [2.24, 2.45) is 0 Å². The van der Waals surface area contributed by atoms with Crippen molar-refractivity contribution in [2.45, 2.75) is 6.92 Å². The molecule has 1 fully saturated rings. The fraction of sp³-hybridized carbons (Fsp3) is 0.0714. The molecule has 6 heteroatoms. The molecule has 0 aliphatic carbocycles. The standard InChI is InChI=1S/C14H11N3O2S/c1-8(18)17-7-9(10-4-2-3-5-12(10)17)6-11-13(19)16-14(20)15-11/h2-7H,1H3,(H2,15,16,19,20)/b11-6-. The zero-order valence-corrected chi connectivity index (χ0v) is 11.5. The zero-order valence-electron chi connectivity index (χ0n) is 10.6. The first-order valence-corrected chi connectivity index (χ1v) is 6.42. The van der Waals surface area contributed by atoms with Crippen LogP contribution in [0.25, 0.3) is 17.0 Å². The van der Waals surface area contributed by atoms with E-state index in [4.69, 9.17) is 12.2 Å². The number of rotatable bonds is 1. The molecule has 5 nitrogen and oxygen atoms in total. The third kappa shape index (κ3) is 2.00. The number of carbonyl (C=O) groups excluding carboxylic acids is 2. The Hall–Kier alpha value is -2.47. The van der Waals surface area contributed by atoms with Crippen LogP contribution in [0.3, 0.4) is 0 Å². The number of carbonyl (C=O) groups is 2. The van der Waals surface area contributed by atoms with Gasteiger partial charge in [-0.1, -0.05) is 18.2 Å². The number of benzene rings is 1. The second-order valence-corrected chi connectivity index (χ2v) is 4.87. The second kappa shape index (κ2) is 4.57. The van der Waals surface area contributed by atoms with Gasteiger partial charge in [0.05, 0.1) is 5.52 Å². The first kappa shape index (κ1) is 12.6. The molecule has 2 heterocycles. The van der Waals surface area contributed by atoms with Crippen LogP contribution in [-0.2, 0) is 4.79 Å². The lowest BCUT2D eigenvalue weighted by Gasteiger charge is -1.97. The lowest BCUT2D eigenvalue weighted by Crippen LogP contribution is -2.21. The Kier molecular flexibility index (Phi) is 2.87. The highest BCUT2D eigenvalue weighted by Crippen LogP contribution is 2.23. The molecule has 0 saturated carbocycles. The molecular formula is C14H11N3O2S. The van der Waals surface area contributed by atoms with Crippen LogP contribution < -0.4 is 10.6 Å². The topological polar surface area (TPSA) is 63.1 Å². The molecule has 1 saturated heterocycles. The van der Waals surface area contributed by atoms with E-state index in [1.165, 1.54) is 6.92 Å². The maximum Gasteiger partial charge on any atom is 0.273 e. The van der Waals surface area contributed by atoms with Crippen molar-refractivity contribution in [2.75, 3.05) is 0 Å². The van der Waals surface area contributed by atoms with E-state index in [0.29, 0.717) is 5.70 Å². The molecule has 2 N–H and O–H groups in total. The summed E-state index contributed by atoms with van der Waals surface area (Å²) in [5.41, 5.74) is 1.98. The quantitative estimate of drug-likeness (QED) is 0.618. The van der Waals surface area contributed by atoms with Crippen LogP contribution in [0.1, 0.15) is 17.3 Å². The predicted octanol–water partition coefficient (Wildman–Crippen LogP) is 1.65. The van der Waals surface area contributed by atoms with E-state index in [1.54, 1.807) is 16.8 Å². The fourth-order valence-corrected chi connectivity index (χ4v) is 2.42. The molecule has 3 rings (SSSR count). The van der Waals surface area contributed by atoms with Crippen molar-refractivity contribution in [1.82, 2.24) is 15.2 Å². The van der Waals surface area contributed by atoms with Crippen LogP contribution >= 0.6 is 12.2 Å². The molecule has 100 valence electrons. The number of nitrogens with one attached hydrogen (secondary N) is 2. The van der Waals surface area contributed by atoms with Gasteiger partial charge in [0, 0.05) is 24.1 Å². The molecular weight excluding hydrogens is 274 g/mol. The molecule has 1 aromatic heterocycles. The van der Waals surface area contributed by atoms with Gasteiger partial charge in [-0.15, -0.1) is 0 Å². The Bertz CT molecular complexity index is 789. The molecule has 0 bridgehead atoms. The van der Waals surface area contributed by atoms with Crippen LogP contribution in [0.2, 0.25) is 0 Å². The molecule has 0 spiro atoms. The monoisotopic (exact) mass is 285 g/mol. The van der Waals surface area contributed by atoms with E-state index in [0.717, 1.165) is 16.5 Å². The van der Waals surface area contributed by atoms with Gasteiger partial charge in [0.2, 0.25) is 5.91 Å². The van der Waals surface area contributed by atoms with Crippen molar-refractivity contribution >= 4 is 46.1 Å². The Balaban J connectivity index is 2.18. The molecule has 1 amide bonds. The normalized spacial score (nSPS) is 16.6. The highest BCUT2D eigenvalue weighted by molar-refractivity contribution is 7.80. The summed E-state index contributed by atoms with van der Waals surface area (Å²) < 4.78 is 1.56. The van der Waals surface area contributed by atoms with Gasteiger partial charge in [0.1, 0.15) is 5.70 Å². The van der Waals surface area contributed by atoms with E-state index in [-0.39, 0.29) is 16.9 Å². The second-order valence-electron chi connectivity index (χ2n) is 4.46. The van der Waals surface area contributed by atoms with Gasteiger partial charge in [-0.2, -0.15) is 0 Å². The third-order valence-corrected chi connectivity index (χ3v) is 3.31.